The van der Waals surface area contributed by atoms with E-state index in [-0.39, 0.29) is 0 Å². The smallest absolute Gasteiger partial charge is 0.0603 e. The molecule has 0 saturated carbocycles. The van der Waals surface area contributed by atoms with Gasteiger partial charge < -0.3 is 14.9 Å². The molecule has 78 valence electrons. The number of piperazine rings is 1. The van der Waals surface area contributed by atoms with E-state index in [0.717, 1.165) is 39.1 Å². The number of nitrogens with zero attached hydrogens (tertiary/aromatic N) is 2. The highest BCUT2D eigenvalue weighted by atomic mass is 16.3. The Morgan fingerprint density at radius 1 is 1.15 bits per heavy atom. The van der Waals surface area contributed by atoms with Crippen LogP contribution in [0.5, 0.6) is 0 Å². The summed E-state index contributed by atoms with van der Waals surface area (Å²) >= 11 is 0. The molecule has 1 N–H and O–H groups in total. The monoisotopic (exact) mass is 186 g/mol. The molecule has 0 aromatic heterocycles. The second kappa shape index (κ2) is 4.40. The van der Waals surface area contributed by atoms with Crippen LogP contribution in [0.15, 0.2) is 0 Å². The lowest BCUT2D eigenvalue weighted by Gasteiger charge is -2.33. The molecule has 0 amide bonds. The van der Waals surface area contributed by atoms with Crippen LogP contribution in [-0.4, -0.2) is 60.3 Å². The van der Waals surface area contributed by atoms with Crippen LogP contribution < -0.4 is 0 Å². The fourth-order valence-electron chi connectivity index (χ4n) is 1.50. The molecular formula is C10H22N2O. The third-order valence-electron chi connectivity index (χ3n) is 2.64. The van der Waals surface area contributed by atoms with Crippen molar-refractivity contribution in [2.24, 2.45) is 0 Å². The first kappa shape index (κ1) is 11.0. The molecule has 0 unspecified atom stereocenters. The predicted molar refractivity (Wildman–Crippen MR) is 54.9 cm³/mol. The third-order valence-corrected chi connectivity index (χ3v) is 2.64. The van der Waals surface area contributed by atoms with Crippen LogP contribution in [-0.2, 0) is 0 Å². The Bertz CT molecular complexity index is 145. The van der Waals surface area contributed by atoms with Gasteiger partial charge in [0.2, 0.25) is 0 Å². The van der Waals surface area contributed by atoms with Crippen LogP contribution in [0.4, 0.5) is 0 Å². The van der Waals surface area contributed by atoms with Crippen molar-refractivity contribution in [3.05, 3.63) is 0 Å². The molecule has 0 radical (unpaired) electrons. The molecule has 1 aliphatic heterocycles. The SMILES string of the molecule is CN1CCN(CCC(C)(C)O)CC1. The summed E-state index contributed by atoms with van der Waals surface area (Å²) in [7, 11) is 2.16. The first-order valence-corrected chi connectivity index (χ1v) is 5.11. The van der Waals surface area contributed by atoms with E-state index in [9.17, 15) is 5.11 Å². The van der Waals surface area contributed by atoms with Crippen LogP contribution in [0.25, 0.3) is 0 Å². The summed E-state index contributed by atoms with van der Waals surface area (Å²) in [5.41, 5.74) is -0.511. The number of hydrogen-bond acceptors (Lipinski definition) is 3. The van der Waals surface area contributed by atoms with E-state index in [4.69, 9.17) is 0 Å². The van der Waals surface area contributed by atoms with Gasteiger partial charge in [-0.15, -0.1) is 0 Å². The van der Waals surface area contributed by atoms with Crippen LogP contribution >= 0.6 is 0 Å². The molecule has 0 atom stereocenters. The maximum atomic E-state index is 9.56. The minimum Gasteiger partial charge on any atom is -0.390 e. The Labute approximate surface area is 81.3 Å². The van der Waals surface area contributed by atoms with Crippen molar-refractivity contribution < 1.29 is 5.11 Å². The Kier molecular flexibility index (Phi) is 3.71. The molecule has 0 spiro atoms. The van der Waals surface area contributed by atoms with Gasteiger partial charge in [-0.2, -0.15) is 0 Å². The van der Waals surface area contributed by atoms with Crippen LogP contribution in [0.3, 0.4) is 0 Å². The summed E-state index contributed by atoms with van der Waals surface area (Å²) in [5, 5.41) is 9.56. The zero-order valence-electron chi connectivity index (χ0n) is 9.08. The molecule has 3 nitrogen and oxygen atoms in total. The van der Waals surface area contributed by atoms with Gasteiger partial charge in [0.05, 0.1) is 5.60 Å². The Balaban J connectivity index is 2.16. The van der Waals surface area contributed by atoms with Gasteiger partial charge in [-0.25, -0.2) is 0 Å². The van der Waals surface area contributed by atoms with Crippen LogP contribution in [0, 0.1) is 0 Å². The van der Waals surface area contributed by atoms with Gasteiger partial charge in [-0.1, -0.05) is 0 Å². The normalized spacial score (nSPS) is 22.2. The molecule has 1 rings (SSSR count). The number of aliphatic hydroxyl groups is 1. The molecule has 1 saturated heterocycles. The molecule has 1 aliphatic rings. The predicted octanol–water partition coefficient (Wildman–Crippen LogP) is 0.395. The molecule has 0 bridgehead atoms. The average Bonchev–Trinajstić information content (AvgIpc) is 2.02. The maximum Gasteiger partial charge on any atom is 0.0603 e. The second-order valence-corrected chi connectivity index (χ2v) is 4.71. The quantitative estimate of drug-likeness (QED) is 0.691. The van der Waals surface area contributed by atoms with E-state index in [1.54, 1.807) is 0 Å². The lowest BCUT2D eigenvalue weighted by Crippen LogP contribution is -2.45. The molecule has 1 fully saturated rings. The summed E-state index contributed by atoms with van der Waals surface area (Å²) in [4.78, 5) is 4.78. The van der Waals surface area contributed by atoms with Gasteiger partial charge in [0, 0.05) is 32.7 Å². The fourth-order valence-corrected chi connectivity index (χ4v) is 1.50. The van der Waals surface area contributed by atoms with E-state index in [1.807, 2.05) is 13.8 Å². The molecule has 1 heterocycles. The summed E-state index contributed by atoms with van der Waals surface area (Å²) in [6, 6.07) is 0. The third kappa shape index (κ3) is 4.60. The van der Waals surface area contributed by atoms with Crippen molar-refractivity contribution in [1.29, 1.82) is 0 Å². The summed E-state index contributed by atoms with van der Waals surface area (Å²) in [5.74, 6) is 0. The first-order chi connectivity index (χ1) is 5.97. The van der Waals surface area contributed by atoms with Crippen molar-refractivity contribution in [3.63, 3.8) is 0 Å². The zero-order valence-corrected chi connectivity index (χ0v) is 9.08. The van der Waals surface area contributed by atoms with Gasteiger partial charge in [0.1, 0.15) is 0 Å². The Morgan fingerprint density at radius 3 is 2.15 bits per heavy atom. The summed E-state index contributed by atoms with van der Waals surface area (Å²) in [6.45, 7) is 9.39. The van der Waals surface area contributed by atoms with Gasteiger partial charge in [0.25, 0.3) is 0 Å². The van der Waals surface area contributed by atoms with Gasteiger partial charge in [0.15, 0.2) is 0 Å². The summed E-state index contributed by atoms with van der Waals surface area (Å²) < 4.78 is 0. The van der Waals surface area contributed by atoms with Crippen LogP contribution in [0.1, 0.15) is 20.3 Å². The number of hydrogen-bond donors (Lipinski definition) is 1. The molecule has 0 aromatic carbocycles. The lowest BCUT2D eigenvalue weighted by atomic mass is 10.1. The van der Waals surface area contributed by atoms with Crippen molar-refractivity contribution in [2.45, 2.75) is 25.9 Å². The maximum absolute atomic E-state index is 9.56. The highest BCUT2D eigenvalue weighted by molar-refractivity contribution is 4.73. The topological polar surface area (TPSA) is 26.7 Å². The number of rotatable bonds is 3. The highest BCUT2D eigenvalue weighted by Crippen LogP contribution is 2.09. The summed E-state index contributed by atoms with van der Waals surface area (Å²) in [6.07, 6.45) is 0.872. The fraction of sp³-hybridized carbons (Fsp3) is 1.00. The van der Waals surface area contributed by atoms with E-state index in [0.29, 0.717) is 0 Å². The zero-order chi connectivity index (χ0) is 9.90. The lowest BCUT2D eigenvalue weighted by molar-refractivity contribution is 0.0499. The molecule has 0 aliphatic carbocycles. The molecule has 3 heteroatoms. The Morgan fingerprint density at radius 2 is 1.69 bits per heavy atom. The largest absolute Gasteiger partial charge is 0.390 e. The Hall–Kier alpha value is -0.120. The second-order valence-electron chi connectivity index (χ2n) is 4.71. The van der Waals surface area contributed by atoms with Crippen molar-refractivity contribution in [1.82, 2.24) is 9.80 Å². The van der Waals surface area contributed by atoms with Gasteiger partial charge in [-0.3, -0.25) is 0 Å². The molecule has 13 heavy (non-hydrogen) atoms. The molecule has 0 aromatic rings. The first-order valence-electron chi connectivity index (χ1n) is 5.11. The van der Waals surface area contributed by atoms with E-state index in [1.165, 1.54) is 0 Å². The van der Waals surface area contributed by atoms with Gasteiger partial charge >= 0.3 is 0 Å². The van der Waals surface area contributed by atoms with Gasteiger partial charge in [-0.05, 0) is 27.3 Å². The van der Waals surface area contributed by atoms with Crippen LogP contribution in [0.2, 0.25) is 0 Å². The highest BCUT2D eigenvalue weighted by Gasteiger charge is 2.17. The molecular weight excluding hydrogens is 164 g/mol. The minimum absolute atomic E-state index is 0.511. The van der Waals surface area contributed by atoms with Crippen molar-refractivity contribution in [3.8, 4) is 0 Å². The van der Waals surface area contributed by atoms with E-state index < -0.39 is 5.60 Å². The minimum atomic E-state index is -0.511. The van der Waals surface area contributed by atoms with E-state index >= 15 is 0 Å². The standard InChI is InChI=1S/C10H22N2O/c1-10(2,13)4-5-12-8-6-11(3)7-9-12/h13H,4-9H2,1-3H3. The van der Waals surface area contributed by atoms with Crippen molar-refractivity contribution in [2.75, 3.05) is 39.8 Å². The van der Waals surface area contributed by atoms with E-state index in [2.05, 4.69) is 16.8 Å². The van der Waals surface area contributed by atoms with Crippen molar-refractivity contribution >= 4 is 0 Å². The average molecular weight is 186 g/mol. The number of likely N-dealkylation sites (N-methyl/N-ethyl adjacent to an activating group) is 1.